The van der Waals surface area contributed by atoms with Gasteiger partial charge < -0.3 is 10.1 Å². The fourth-order valence-corrected chi connectivity index (χ4v) is 1.84. The lowest BCUT2D eigenvalue weighted by atomic mass is 10.3. The molecule has 0 aliphatic heterocycles. The highest BCUT2D eigenvalue weighted by Gasteiger charge is 2.29. The summed E-state index contributed by atoms with van der Waals surface area (Å²) in [7, 11) is 0. The molecule has 4 nitrogen and oxygen atoms in total. The highest BCUT2D eigenvalue weighted by atomic mass is 19.1. The number of nitrogens with one attached hydrogen (secondary N) is 1. The number of anilines is 1. The van der Waals surface area contributed by atoms with Crippen molar-refractivity contribution >= 4 is 11.7 Å². The number of carbonyl (C=O) groups excluding carboxylic acids is 1. The van der Waals surface area contributed by atoms with Gasteiger partial charge in [-0.05, 0) is 18.9 Å². The number of pyridine rings is 1. The van der Waals surface area contributed by atoms with Crippen LogP contribution in [0.4, 0.5) is 14.6 Å². The Bertz CT molecular complexity index is 667. The monoisotopic (exact) mass is 290 g/mol. The predicted octanol–water partition coefficient (Wildman–Crippen LogP) is 3.50. The molecule has 0 spiro atoms. The number of hydrogen-bond acceptors (Lipinski definition) is 3. The number of aromatic nitrogens is 1. The smallest absolute Gasteiger partial charge is 0.228 e. The van der Waals surface area contributed by atoms with Crippen molar-refractivity contribution in [2.75, 3.05) is 5.32 Å². The zero-order chi connectivity index (χ0) is 14.8. The van der Waals surface area contributed by atoms with E-state index in [0.29, 0.717) is 11.6 Å². The second-order valence-corrected chi connectivity index (χ2v) is 4.85. The van der Waals surface area contributed by atoms with Crippen LogP contribution in [0.1, 0.15) is 12.8 Å². The lowest BCUT2D eigenvalue weighted by molar-refractivity contribution is -0.117. The summed E-state index contributed by atoms with van der Waals surface area (Å²) in [4.78, 5) is 15.6. The van der Waals surface area contributed by atoms with Crippen LogP contribution in [0, 0.1) is 17.6 Å². The number of hydrogen-bond donors (Lipinski definition) is 1. The average Bonchev–Trinajstić information content (AvgIpc) is 3.21. The van der Waals surface area contributed by atoms with E-state index < -0.39 is 11.6 Å². The van der Waals surface area contributed by atoms with Gasteiger partial charge in [0.2, 0.25) is 5.91 Å². The second-order valence-electron chi connectivity index (χ2n) is 4.85. The van der Waals surface area contributed by atoms with Crippen molar-refractivity contribution in [1.29, 1.82) is 0 Å². The molecule has 108 valence electrons. The van der Waals surface area contributed by atoms with Crippen molar-refractivity contribution in [3.8, 4) is 11.5 Å². The molecule has 1 fully saturated rings. The van der Waals surface area contributed by atoms with Gasteiger partial charge >= 0.3 is 0 Å². The van der Waals surface area contributed by atoms with E-state index in [1.165, 1.54) is 18.3 Å². The largest absolute Gasteiger partial charge is 0.457 e. The van der Waals surface area contributed by atoms with Gasteiger partial charge in [-0.25, -0.2) is 13.8 Å². The zero-order valence-electron chi connectivity index (χ0n) is 11.0. The number of rotatable bonds is 4. The van der Waals surface area contributed by atoms with Crippen LogP contribution in [0.3, 0.4) is 0 Å². The fourth-order valence-electron chi connectivity index (χ4n) is 1.84. The number of carbonyl (C=O) groups is 1. The van der Waals surface area contributed by atoms with Crippen molar-refractivity contribution in [3.63, 3.8) is 0 Å². The minimum Gasteiger partial charge on any atom is -0.457 e. The Kier molecular flexibility index (Phi) is 3.51. The first-order valence-electron chi connectivity index (χ1n) is 6.51. The summed E-state index contributed by atoms with van der Waals surface area (Å²) in [5, 5.41) is 2.67. The lowest BCUT2D eigenvalue weighted by Crippen LogP contribution is -2.14. The third kappa shape index (κ3) is 3.53. The number of benzene rings is 1. The van der Waals surface area contributed by atoms with Gasteiger partial charge in [-0.15, -0.1) is 0 Å². The first kappa shape index (κ1) is 13.5. The Morgan fingerprint density at radius 2 is 1.86 bits per heavy atom. The first-order chi connectivity index (χ1) is 10.1. The molecular formula is C15H12F2N2O2. The molecule has 0 bridgehead atoms. The highest BCUT2D eigenvalue weighted by molar-refractivity contribution is 5.93. The van der Waals surface area contributed by atoms with Crippen LogP contribution in [-0.2, 0) is 4.79 Å². The molecule has 1 aromatic carbocycles. The van der Waals surface area contributed by atoms with Crippen molar-refractivity contribution in [2.45, 2.75) is 12.8 Å². The molecule has 1 N–H and O–H groups in total. The summed E-state index contributed by atoms with van der Waals surface area (Å²) in [6.45, 7) is 0. The van der Waals surface area contributed by atoms with Crippen molar-refractivity contribution < 1.29 is 18.3 Å². The highest BCUT2D eigenvalue weighted by Crippen LogP contribution is 2.30. The molecule has 21 heavy (non-hydrogen) atoms. The maximum Gasteiger partial charge on any atom is 0.228 e. The molecule has 2 aromatic rings. The SMILES string of the molecule is O=C(Nc1cc(Oc2cc(F)cc(F)c2)ccn1)C1CC1. The van der Waals surface area contributed by atoms with Gasteiger partial charge in [-0.1, -0.05) is 0 Å². The molecule has 6 heteroatoms. The molecule has 0 radical (unpaired) electrons. The third-order valence-corrected chi connectivity index (χ3v) is 3.00. The summed E-state index contributed by atoms with van der Waals surface area (Å²) in [5.41, 5.74) is 0. The van der Waals surface area contributed by atoms with Crippen molar-refractivity contribution in [3.05, 3.63) is 48.2 Å². The van der Waals surface area contributed by atoms with E-state index in [1.807, 2.05) is 0 Å². The summed E-state index contributed by atoms with van der Waals surface area (Å²) in [6.07, 6.45) is 3.24. The Balaban J connectivity index is 1.74. The Hall–Kier alpha value is -2.50. The van der Waals surface area contributed by atoms with E-state index in [0.717, 1.165) is 31.0 Å². The normalized spacial score (nSPS) is 13.8. The van der Waals surface area contributed by atoms with Crippen molar-refractivity contribution in [1.82, 2.24) is 4.98 Å². The molecule has 0 atom stereocenters. The van der Waals surface area contributed by atoms with Gasteiger partial charge in [0.25, 0.3) is 0 Å². The average molecular weight is 290 g/mol. The maximum absolute atomic E-state index is 13.1. The summed E-state index contributed by atoms with van der Waals surface area (Å²) in [5.74, 6) is -0.728. The third-order valence-electron chi connectivity index (χ3n) is 3.00. The quantitative estimate of drug-likeness (QED) is 0.937. The Morgan fingerprint density at radius 3 is 2.52 bits per heavy atom. The van der Waals surface area contributed by atoms with Gasteiger partial charge in [-0.3, -0.25) is 4.79 Å². The molecule has 1 aromatic heterocycles. The molecule has 0 unspecified atom stereocenters. The van der Waals surface area contributed by atoms with E-state index in [2.05, 4.69) is 10.3 Å². The van der Waals surface area contributed by atoms with Crippen molar-refractivity contribution in [2.24, 2.45) is 5.92 Å². The van der Waals surface area contributed by atoms with Crippen LogP contribution in [0.15, 0.2) is 36.5 Å². The van der Waals surface area contributed by atoms with Crippen LogP contribution < -0.4 is 10.1 Å². The van der Waals surface area contributed by atoms with Crippen LogP contribution in [-0.4, -0.2) is 10.9 Å². The summed E-state index contributed by atoms with van der Waals surface area (Å²) < 4.78 is 31.5. The number of amides is 1. The second kappa shape index (κ2) is 5.47. The first-order valence-corrected chi connectivity index (χ1v) is 6.51. The van der Waals surface area contributed by atoms with Crippen LogP contribution in [0.5, 0.6) is 11.5 Å². The van der Waals surface area contributed by atoms with Gasteiger partial charge in [0.15, 0.2) is 0 Å². The zero-order valence-corrected chi connectivity index (χ0v) is 11.0. The van der Waals surface area contributed by atoms with E-state index in [1.54, 1.807) is 0 Å². The van der Waals surface area contributed by atoms with E-state index in [9.17, 15) is 13.6 Å². The molecule has 0 saturated heterocycles. The minimum absolute atomic E-state index is 0.0400. The standard InChI is InChI=1S/C15H12F2N2O2/c16-10-5-11(17)7-13(6-10)21-12-3-4-18-14(8-12)19-15(20)9-1-2-9/h3-9H,1-2H2,(H,18,19,20). The summed E-state index contributed by atoms with van der Waals surface area (Å²) >= 11 is 0. The molecule has 1 amide bonds. The van der Waals surface area contributed by atoms with E-state index in [-0.39, 0.29) is 17.6 Å². The van der Waals surface area contributed by atoms with E-state index >= 15 is 0 Å². The molecule has 1 aliphatic carbocycles. The van der Waals surface area contributed by atoms with Crippen LogP contribution >= 0.6 is 0 Å². The summed E-state index contributed by atoms with van der Waals surface area (Å²) in [6, 6.07) is 5.96. The number of ether oxygens (including phenoxy) is 1. The lowest BCUT2D eigenvalue weighted by Gasteiger charge is -2.08. The fraction of sp³-hybridized carbons (Fsp3) is 0.200. The molecule has 1 saturated carbocycles. The van der Waals surface area contributed by atoms with Gasteiger partial charge in [0, 0.05) is 36.4 Å². The predicted molar refractivity (Wildman–Crippen MR) is 72.0 cm³/mol. The Labute approximate surface area is 119 Å². The van der Waals surface area contributed by atoms with Gasteiger partial charge in [0.05, 0.1) is 0 Å². The van der Waals surface area contributed by atoms with Gasteiger partial charge in [0.1, 0.15) is 29.0 Å². The maximum atomic E-state index is 13.1. The Morgan fingerprint density at radius 1 is 1.14 bits per heavy atom. The van der Waals surface area contributed by atoms with Gasteiger partial charge in [-0.2, -0.15) is 0 Å². The molecular weight excluding hydrogens is 278 g/mol. The van der Waals surface area contributed by atoms with E-state index in [4.69, 9.17) is 4.74 Å². The molecule has 1 heterocycles. The number of halogens is 2. The minimum atomic E-state index is -0.721. The molecule has 1 aliphatic rings. The molecule has 3 rings (SSSR count). The van der Waals surface area contributed by atoms with Crippen LogP contribution in [0.2, 0.25) is 0 Å². The number of nitrogens with zero attached hydrogens (tertiary/aromatic N) is 1. The van der Waals surface area contributed by atoms with Crippen LogP contribution in [0.25, 0.3) is 0 Å². The topological polar surface area (TPSA) is 51.2 Å².